The minimum absolute atomic E-state index is 0.769. The molecule has 1 aliphatic heterocycles. The summed E-state index contributed by atoms with van der Waals surface area (Å²) in [6.07, 6.45) is 5.70. The molecule has 1 aliphatic carbocycles. The van der Waals surface area contributed by atoms with Crippen molar-refractivity contribution in [2.45, 2.75) is 31.7 Å². The minimum Gasteiger partial charge on any atom is -0.330 e. The number of hydrogen-bond donors (Lipinski definition) is 1. The molecule has 1 saturated carbocycles. The SMILES string of the molecule is CN1CC(CN)CCC1C1CC1. The number of likely N-dealkylation sites (tertiary alicyclic amines) is 1. The van der Waals surface area contributed by atoms with E-state index in [9.17, 15) is 0 Å². The Labute approximate surface area is 75.1 Å². The van der Waals surface area contributed by atoms with Crippen LogP contribution >= 0.6 is 0 Å². The first-order valence-corrected chi connectivity index (χ1v) is 5.21. The molecular weight excluding hydrogens is 148 g/mol. The van der Waals surface area contributed by atoms with E-state index in [1.54, 1.807) is 0 Å². The molecule has 2 nitrogen and oxygen atoms in total. The van der Waals surface area contributed by atoms with Crippen LogP contribution in [-0.4, -0.2) is 31.1 Å². The smallest absolute Gasteiger partial charge is 0.0121 e. The molecule has 12 heavy (non-hydrogen) atoms. The van der Waals surface area contributed by atoms with Crippen molar-refractivity contribution in [1.82, 2.24) is 4.90 Å². The van der Waals surface area contributed by atoms with Crippen molar-refractivity contribution in [3.63, 3.8) is 0 Å². The van der Waals surface area contributed by atoms with E-state index in [1.165, 1.54) is 32.2 Å². The van der Waals surface area contributed by atoms with Gasteiger partial charge in [-0.25, -0.2) is 0 Å². The van der Waals surface area contributed by atoms with E-state index in [0.717, 1.165) is 24.4 Å². The maximum absolute atomic E-state index is 5.68. The first-order valence-electron chi connectivity index (χ1n) is 5.21. The summed E-state index contributed by atoms with van der Waals surface area (Å²) in [6, 6.07) is 0.896. The van der Waals surface area contributed by atoms with Gasteiger partial charge >= 0.3 is 0 Å². The summed E-state index contributed by atoms with van der Waals surface area (Å²) in [5, 5.41) is 0. The molecule has 70 valence electrons. The fourth-order valence-electron chi connectivity index (χ4n) is 2.53. The lowest BCUT2D eigenvalue weighted by Crippen LogP contribution is -2.43. The summed E-state index contributed by atoms with van der Waals surface area (Å²) in [4.78, 5) is 2.54. The molecule has 2 unspecified atom stereocenters. The molecule has 2 fully saturated rings. The Kier molecular flexibility index (Phi) is 2.37. The van der Waals surface area contributed by atoms with Crippen LogP contribution in [-0.2, 0) is 0 Å². The second kappa shape index (κ2) is 3.35. The van der Waals surface area contributed by atoms with E-state index in [1.807, 2.05) is 0 Å². The van der Waals surface area contributed by atoms with Crippen molar-refractivity contribution in [3.8, 4) is 0 Å². The van der Waals surface area contributed by atoms with Crippen molar-refractivity contribution >= 4 is 0 Å². The van der Waals surface area contributed by atoms with Gasteiger partial charge in [-0.3, -0.25) is 0 Å². The van der Waals surface area contributed by atoms with Crippen LogP contribution in [0.5, 0.6) is 0 Å². The van der Waals surface area contributed by atoms with Crippen LogP contribution in [0.2, 0.25) is 0 Å². The Bertz CT molecular complexity index is 154. The van der Waals surface area contributed by atoms with Crippen LogP contribution in [0.1, 0.15) is 25.7 Å². The molecule has 1 heterocycles. The van der Waals surface area contributed by atoms with Gasteiger partial charge in [0.15, 0.2) is 0 Å². The molecular formula is C10H20N2. The summed E-state index contributed by atoms with van der Waals surface area (Å²) in [5.74, 6) is 1.80. The fourth-order valence-corrected chi connectivity index (χ4v) is 2.53. The lowest BCUT2D eigenvalue weighted by Gasteiger charge is -2.37. The average molecular weight is 168 g/mol. The van der Waals surface area contributed by atoms with Crippen LogP contribution in [0.15, 0.2) is 0 Å². The summed E-state index contributed by atoms with van der Waals surface area (Å²) in [6.45, 7) is 2.11. The van der Waals surface area contributed by atoms with Gasteiger partial charge in [-0.1, -0.05) is 0 Å². The Morgan fingerprint density at radius 1 is 1.25 bits per heavy atom. The Morgan fingerprint density at radius 3 is 2.50 bits per heavy atom. The number of rotatable bonds is 2. The van der Waals surface area contributed by atoms with Crippen LogP contribution in [0, 0.1) is 11.8 Å². The highest BCUT2D eigenvalue weighted by Crippen LogP contribution is 2.39. The second-order valence-electron chi connectivity index (χ2n) is 4.52. The van der Waals surface area contributed by atoms with Gasteiger partial charge in [0.1, 0.15) is 0 Å². The minimum atomic E-state index is 0.769. The lowest BCUT2D eigenvalue weighted by molar-refractivity contribution is 0.125. The van der Waals surface area contributed by atoms with E-state index in [2.05, 4.69) is 11.9 Å². The third kappa shape index (κ3) is 1.64. The number of hydrogen-bond acceptors (Lipinski definition) is 2. The monoisotopic (exact) mass is 168 g/mol. The molecule has 2 N–H and O–H groups in total. The first-order chi connectivity index (χ1) is 5.81. The van der Waals surface area contributed by atoms with E-state index in [0.29, 0.717) is 0 Å². The molecule has 0 aromatic rings. The zero-order valence-electron chi connectivity index (χ0n) is 8.00. The topological polar surface area (TPSA) is 29.3 Å². The molecule has 2 atom stereocenters. The quantitative estimate of drug-likeness (QED) is 0.668. The summed E-state index contributed by atoms with van der Waals surface area (Å²) in [7, 11) is 2.27. The molecule has 2 aliphatic rings. The van der Waals surface area contributed by atoms with Gasteiger partial charge in [-0.15, -0.1) is 0 Å². The van der Waals surface area contributed by atoms with Gasteiger partial charge in [-0.2, -0.15) is 0 Å². The van der Waals surface area contributed by atoms with Crippen LogP contribution < -0.4 is 5.73 Å². The van der Waals surface area contributed by atoms with Crippen molar-refractivity contribution in [3.05, 3.63) is 0 Å². The maximum atomic E-state index is 5.68. The predicted molar refractivity (Wildman–Crippen MR) is 50.9 cm³/mol. The number of nitrogens with zero attached hydrogens (tertiary/aromatic N) is 1. The molecule has 0 aromatic carbocycles. The molecule has 1 saturated heterocycles. The third-order valence-electron chi connectivity index (χ3n) is 3.48. The Balaban J connectivity index is 1.86. The van der Waals surface area contributed by atoms with Crippen LogP contribution in [0.25, 0.3) is 0 Å². The Morgan fingerprint density at radius 2 is 2.00 bits per heavy atom. The van der Waals surface area contributed by atoms with Crippen LogP contribution in [0.4, 0.5) is 0 Å². The molecule has 2 rings (SSSR count). The van der Waals surface area contributed by atoms with Crippen molar-refractivity contribution in [2.24, 2.45) is 17.6 Å². The normalized spacial score (nSPS) is 38.5. The maximum Gasteiger partial charge on any atom is 0.0121 e. The lowest BCUT2D eigenvalue weighted by atomic mass is 9.91. The first kappa shape index (κ1) is 8.52. The molecule has 0 aromatic heterocycles. The van der Waals surface area contributed by atoms with Gasteiger partial charge in [0, 0.05) is 12.6 Å². The van der Waals surface area contributed by atoms with Gasteiger partial charge < -0.3 is 10.6 Å². The highest BCUT2D eigenvalue weighted by atomic mass is 15.1. The third-order valence-corrected chi connectivity index (χ3v) is 3.48. The van der Waals surface area contributed by atoms with Gasteiger partial charge in [0.2, 0.25) is 0 Å². The fraction of sp³-hybridized carbons (Fsp3) is 1.00. The summed E-state index contributed by atoms with van der Waals surface area (Å²) in [5.41, 5.74) is 5.68. The van der Waals surface area contributed by atoms with E-state index in [4.69, 9.17) is 5.73 Å². The highest BCUT2D eigenvalue weighted by Gasteiger charge is 2.36. The van der Waals surface area contributed by atoms with Crippen molar-refractivity contribution in [2.75, 3.05) is 20.1 Å². The standard InChI is InChI=1S/C10H20N2/c1-12-7-8(6-11)2-5-10(12)9-3-4-9/h8-10H,2-7,11H2,1H3. The summed E-state index contributed by atoms with van der Waals surface area (Å²) >= 11 is 0. The van der Waals surface area contributed by atoms with Crippen LogP contribution in [0.3, 0.4) is 0 Å². The highest BCUT2D eigenvalue weighted by molar-refractivity contribution is 4.91. The molecule has 0 bridgehead atoms. The average Bonchev–Trinajstić information content (AvgIpc) is 2.87. The van der Waals surface area contributed by atoms with E-state index < -0.39 is 0 Å². The second-order valence-corrected chi connectivity index (χ2v) is 4.52. The van der Waals surface area contributed by atoms with Gasteiger partial charge in [0.25, 0.3) is 0 Å². The summed E-state index contributed by atoms with van der Waals surface area (Å²) < 4.78 is 0. The number of piperidine rings is 1. The molecule has 0 radical (unpaired) electrons. The van der Waals surface area contributed by atoms with E-state index >= 15 is 0 Å². The zero-order valence-corrected chi connectivity index (χ0v) is 8.00. The molecule has 2 heteroatoms. The Hall–Kier alpha value is -0.0800. The molecule has 0 amide bonds. The van der Waals surface area contributed by atoms with E-state index in [-0.39, 0.29) is 0 Å². The van der Waals surface area contributed by atoms with Gasteiger partial charge in [0.05, 0.1) is 0 Å². The predicted octanol–water partition coefficient (Wildman–Crippen LogP) is 1.07. The molecule has 0 spiro atoms. The largest absolute Gasteiger partial charge is 0.330 e. The van der Waals surface area contributed by atoms with Crippen molar-refractivity contribution < 1.29 is 0 Å². The number of nitrogens with two attached hydrogens (primary N) is 1. The van der Waals surface area contributed by atoms with Gasteiger partial charge in [-0.05, 0) is 51.1 Å². The zero-order chi connectivity index (χ0) is 8.55. The van der Waals surface area contributed by atoms with Crippen molar-refractivity contribution in [1.29, 1.82) is 0 Å².